The Bertz CT molecular complexity index is 700. The Kier molecular flexibility index (Phi) is 9.27. The molecule has 0 bridgehead atoms. The molecule has 0 aromatic carbocycles. The lowest BCUT2D eigenvalue weighted by molar-refractivity contribution is -0.111. The summed E-state index contributed by atoms with van der Waals surface area (Å²) in [6.07, 6.45) is 15.6. The van der Waals surface area contributed by atoms with Crippen molar-refractivity contribution in [1.29, 1.82) is 0 Å². The Hall–Kier alpha value is -2.62. The molecule has 0 aliphatic heterocycles. The molecule has 0 heterocycles. The van der Waals surface area contributed by atoms with Gasteiger partial charge in [-0.15, -0.1) is 0 Å². The van der Waals surface area contributed by atoms with Crippen LogP contribution in [0.5, 0.6) is 0 Å². The summed E-state index contributed by atoms with van der Waals surface area (Å²) in [4.78, 5) is 22.8. The fourth-order valence-electron chi connectivity index (χ4n) is 2.36. The molecular weight excluding hydrogens is 340 g/mol. The standard InChI is InChI=1S/C23H30O4/c1-18(15-24)9-10-21(17-26-5)27-16-20-8-6-7-19(2)22(25)12-14-23(3,4)13-11-20/h7,9-12,14-15,17H,1,6,8,13,16H2,2-5H3/b10-9+,14-12-,19-7+,20-11+,21-17+. The van der Waals surface area contributed by atoms with Crippen LogP contribution < -0.4 is 0 Å². The molecule has 1 rings (SSSR count). The molecule has 0 saturated carbocycles. The van der Waals surface area contributed by atoms with Crippen LogP contribution in [-0.2, 0) is 19.1 Å². The lowest BCUT2D eigenvalue weighted by atomic mass is 9.87. The van der Waals surface area contributed by atoms with Crippen molar-refractivity contribution in [3.63, 3.8) is 0 Å². The summed E-state index contributed by atoms with van der Waals surface area (Å²) in [6.45, 7) is 10.1. The van der Waals surface area contributed by atoms with Crippen LogP contribution in [0.25, 0.3) is 0 Å². The van der Waals surface area contributed by atoms with Crippen LogP contribution in [0.15, 0.2) is 71.8 Å². The fourth-order valence-corrected chi connectivity index (χ4v) is 2.36. The number of carbonyl (C=O) groups is 2. The van der Waals surface area contributed by atoms with Gasteiger partial charge in [-0.2, -0.15) is 0 Å². The van der Waals surface area contributed by atoms with E-state index >= 15 is 0 Å². The van der Waals surface area contributed by atoms with Gasteiger partial charge in [0.05, 0.1) is 7.11 Å². The summed E-state index contributed by atoms with van der Waals surface area (Å²) in [5.74, 6) is 0.574. The van der Waals surface area contributed by atoms with Crippen LogP contribution in [0.1, 0.15) is 40.0 Å². The third-order valence-electron chi connectivity index (χ3n) is 4.18. The molecular formula is C23H30O4. The highest BCUT2D eigenvalue weighted by Crippen LogP contribution is 2.26. The highest BCUT2D eigenvalue weighted by molar-refractivity contribution is 6.03. The van der Waals surface area contributed by atoms with Gasteiger partial charge in [-0.25, -0.2) is 0 Å². The topological polar surface area (TPSA) is 52.6 Å². The summed E-state index contributed by atoms with van der Waals surface area (Å²) in [6, 6.07) is 0. The molecule has 4 heteroatoms. The van der Waals surface area contributed by atoms with Crippen LogP contribution in [-0.4, -0.2) is 25.8 Å². The van der Waals surface area contributed by atoms with E-state index in [1.807, 2.05) is 19.1 Å². The normalized spacial score (nSPS) is 23.4. The Morgan fingerprint density at radius 2 is 2.04 bits per heavy atom. The molecule has 0 amide bonds. The zero-order valence-corrected chi connectivity index (χ0v) is 16.8. The van der Waals surface area contributed by atoms with E-state index in [-0.39, 0.29) is 11.2 Å². The van der Waals surface area contributed by atoms with Crippen molar-refractivity contribution in [1.82, 2.24) is 0 Å². The zero-order valence-electron chi connectivity index (χ0n) is 16.8. The van der Waals surface area contributed by atoms with E-state index in [1.54, 1.807) is 18.2 Å². The number of rotatable bonds is 7. The van der Waals surface area contributed by atoms with Crippen molar-refractivity contribution in [2.75, 3.05) is 13.7 Å². The van der Waals surface area contributed by atoms with Crippen molar-refractivity contribution in [2.24, 2.45) is 5.41 Å². The minimum absolute atomic E-state index is 0.0635. The molecule has 0 unspecified atom stereocenters. The van der Waals surface area contributed by atoms with E-state index < -0.39 is 0 Å². The highest BCUT2D eigenvalue weighted by atomic mass is 16.5. The Morgan fingerprint density at radius 3 is 2.70 bits per heavy atom. The average Bonchev–Trinajstić information content (AvgIpc) is 2.66. The predicted octanol–water partition coefficient (Wildman–Crippen LogP) is 5.01. The number of hydrogen-bond acceptors (Lipinski definition) is 4. The van der Waals surface area contributed by atoms with Gasteiger partial charge in [0.25, 0.3) is 0 Å². The van der Waals surface area contributed by atoms with Gasteiger partial charge in [0, 0.05) is 5.57 Å². The van der Waals surface area contributed by atoms with Gasteiger partial charge in [0.1, 0.15) is 19.2 Å². The minimum atomic E-state index is -0.113. The number of ketones is 1. The van der Waals surface area contributed by atoms with Gasteiger partial charge in [0.2, 0.25) is 0 Å². The molecule has 27 heavy (non-hydrogen) atoms. The first-order valence-electron chi connectivity index (χ1n) is 9.03. The van der Waals surface area contributed by atoms with E-state index in [2.05, 4.69) is 26.5 Å². The molecule has 0 fully saturated rings. The molecule has 0 spiro atoms. The summed E-state index contributed by atoms with van der Waals surface area (Å²) in [7, 11) is 1.54. The van der Waals surface area contributed by atoms with E-state index in [4.69, 9.17) is 9.47 Å². The van der Waals surface area contributed by atoms with Gasteiger partial charge in [-0.05, 0) is 61.0 Å². The zero-order chi connectivity index (χ0) is 20.3. The molecule has 0 saturated heterocycles. The Labute approximate surface area is 162 Å². The van der Waals surface area contributed by atoms with Crippen molar-refractivity contribution in [3.05, 3.63) is 71.8 Å². The quantitative estimate of drug-likeness (QED) is 0.208. The predicted molar refractivity (Wildman–Crippen MR) is 109 cm³/mol. The maximum absolute atomic E-state index is 12.1. The van der Waals surface area contributed by atoms with Crippen molar-refractivity contribution >= 4 is 12.1 Å². The number of ether oxygens (including phenoxy) is 2. The molecule has 0 atom stereocenters. The molecule has 0 aromatic heterocycles. The monoisotopic (exact) mass is 370 g/mol. The minimum Gasteiger partial charge on any atom is -0.501 e. The van der Waals surface area contributed by atoms with Gasteiger partial charge in [0.15, 0.2) is 11.5 Å². The van der Waals surface area contributed by atoms with Gasteiger partial charge in [-0.3, -0.25) is 9.59 Å². The highest BCUT2D eigenvalue weighted by Gasteiger charge is 2.15. The smallest absolute Gasteiger partial charge is 0.180 e. The first-order valence-corrected chi connectivity index (χ1v) is 9.03. The van der Waals surface area contributed by atoms with Crippen LogP contribution in [0, 0.1) is 5.41 Å². The first-order chi connectivity index (χ1) is 12.8. The largest absolute Gasteiger partial charge is 0.501 e. The third-order valence-corrected chi connectivity index (χ3v) is 4.18. The van der Waals surface area contributed by atoms with Gasteiger partial charge >= 0.3 is 0 Å². The summed E-state index contributed by atoms with van der Waals surface area (Å²) >= 11 is 0. The molecule has 0 aromatic rings. The maximum Gasteiger partial charge on any atom is 0.180 e. The number of aldehydes is 1. The van der Waals surface area contributed by atoms with Crippen LogP contribution >= 0.6 is 0 Å². The molecule has 0 N–H and O–H groups in total. The second kappa shape index (κ2) is 11.2. The van der Waals surface area contributed by atoms with Crippen LogP contribution in [0.2, 0.25) is 0 Å². The molecule has 4 nitrogen and oxygen atoms in total. The number of hydrogen-bond donors (Lipinski definition) is 0. The van der Waals surface area contributed by atoms with Gasteiger partial charge in [-0.1, -0.05) is 38.7 Å². The fraction of sp³-hybridized carbons (Fsp3) is 0.391. The molecule has 146 valence electrons. The molecule has 1 aliphatic carbocycles. The van der Waals surface area contributed by atoms with Crippen LogP contribution in [0.3, 0.4) is 0 Å². The maximum atomic E-state index is 12.1. The SMILES string of the molecule is C=C(C=O)/C=C/C(=C\OC)OC/C1=C/CC(C)(C)/C=C\C(=O)/C(C)=C/CC1. The van der Waals surface area contributed by atoms with E-state index in [0.29, 0.717) is 24.2 Å². The second-order valence-corrected chi connectivity index (χ2v) is 7.25. The first kappa shape index (κ1) is 22.4. The van der Waals surface area contributed by atoms with Gasteiger partial charge < -0.3 is 9.47 Å². The van der Waals surface area contributed by atoms with Crippen molar-refractivity contribution in [3.8, 4) is 0 Å². The lowest BCUT2D eigenvalue weighted by Gasteiger charge is -2.19. The number of methoxy groups -OCH3 is 1. The number of carbonyl (C=O) groups excluding carboxylic acids is 2. The third kappa shape index (κ3) is 9.04. The van der Waals surface area contributed by atoms with Crippen molar-refractivity contribution in [2.45, 2.75) is 40.0 Å². The summed E-state index contributed by atoms with van der Waals surface area (Å²) in [5, 5.41) is 0. The Morgan fingerprint density at radius 1 is 1.30 bits per heavy atom. The second-order valence-electron chi connectivity index (χ2n) is 7.25. The summed E-state index contributed by atoms with van der Waals surface area (Å²) in [5.41, 5.74) is 2.16. The van der Waals surface area contributed by atoms with Crippen LogP contribution in [0.4, 0.5) is 0 Å². The molecule has 1 aliphatic rings. The lowest BCUT2D eigenvalue weighted by Crippen LogP contribution is -2.08. The van der Waals surface area contributed by atoms with E-state index in [0.717, 1.165) is 30.4 Å². The van der Waals surface area contributed by atoms with Crippen molar-refractivity contribution < 1.29 is 19.1 Å². The average molecular weight is 370 g/mol. The Balaban J connectivity index is 2.90. The molecule has 0 radical (unpaired) electrons. The van der Waals surface area contributed by atoms with E-state index in [1.165, 1.54) is 13.4 Å². The summed E-state index contributed by atoms with van der Waals surface area (Å²) < 4.78 is 10.9. The van der Waals surface area contributed by atoms with E-state index in [9.17, 15) is 9.59 Å². The number of allylic oxidation sites excluding steroid dienone is 8.